The molecule has 0 saturated carbocycles. The van der Waals surface area contributed by atoms with Crippen LogP contribution in [0.3, 0.4) is 0 Å². The highest BCUT2D eigenvalue weighted by Crippen LogP contribution is 2.32. The molecule has 1 atom stereocenters. The second-order valence-electron chi connectivity index (χ2n) is 8.22. The summed E-state index contributed by atoms with van der Waals surface area (Å²) in [4.78, 5) is 6.51. The van der Waals surface area contributed by atoms with E-state index in [9.17, 15) is 14.8 Å². The number of hydrogen-bond donors (Lipinski definition) is 2. The maximum atomic E-state index is 14.0. The van der Waals surface area contributed by atoms with E-state index in [1.807, 2.05) is 37.8 Å². The smallest absolute Gasteiger partial charge is 0.157 e. The van der Waals surface area contributed by atoms with Crippen LogP contribution in [0.5, 0.6) is 0 Å². The molecular formula is C22H23FN6O. The molecule has 1 saturated heterocycles. The Labute approximate surface area is 174 Å². The van der Waals surface area contributed by atoms with Crippen molar-refractivity contribution in [1.82, 2.24) is 15.2 Å². The number of nitrogens with one attached hydrogen (secondary N) is 1. The van der Waals surface area contributed by atoms with E-state index in [2.05, 4.69) is 20.5 Å². The van der Waals surface area contributed by atoms with Gasteiger partial charge in [-0.25, -0.2) is 9.37 Å². The quantitative estimate of drug-likeness (QED) is 0.685. The molecule has 2 N–H and O–H groups in total. The Morgan fingerprint density at radius 2 is 1.97 bits per heavy atom. The van der Waals surface area contributed by atoms with E-state index in [4.69, 9.17) is 0 Å². The van der Waals surface area contributed by atoms with Crippen LogP contribution < -0.4 is 10.2 Å². The second-order valence-corrected chi connectivity index (χ2v) is 8.22. The number of halogens is 1. The zero-order valence-electron chi connectivity index (χ0n) is 17.4. The average molecular weight is 406 g/mol. The molecule has 1 aromatic carbocycles. The Hall–Kier alpha value is -3.31. The summed E-state index contributed by atoms with van der Waals surface area (Å²) >= 11 is 0. The molecule has 8 heteroatoms. The Balaban J connectivity index is 1.71. The lowest BCUT2D eigenvalue weighted by atomic mass is 9.97. The topological polar surface area (TPSA) is 98.0 Å². The zero-order valence-corrected chi connectivity index (χ0v) is 17.4. The second kappa shape index (κ2) is 7.18. The molecule has 4 rings (SSSR count). The van der Waals surface area contributed by atoms with Crippen LogP contribution in [-0.2, 0) is 0 Å². The third-order valence-electron chi connectivity index (χ3n) is 5.57. The van der Waals surface area contributed by atoms with Gasteiger partial charge in [-0.05, 0) is 57.0 Å². The Morgan fingerprint density at radius 3 is 2.63 bits per heavy atom. The summed E-state index contributed by atoms with van der Waals surface area (Å²) in [5.41, 5.74) is 1.79. The number of benzene rings is 1. The van der Waals surface area contributed by atoms with Gasteiger partial charge in [-0.3, -0.25) is 0 Å². The van der Waals surface area contributed by atoms with Gasteiger partial charge in [0.2, 0.25) is 0 Å². The largest absolute Gasteiger partial charge is 0.386 e. The van der Waals surface area contributed by atoms with E-state index in [1.54, 1.807) is 13.1 Å². The van der Waals surface area contributed by atoms with Crippen LogP contribution >= 0.6 is 0 Å². The number of nitriles is 1. The number of aliphatic hydroxyl groups is 1. The van der Waals surface area contributed by atoms with Gasteiger partial charge in [-0.15, -0.1) is 5.10 Å². The molecule has 1 fully saturated rings. The van der Waals surface area contributed by atoms with Crippen molar-refractivity contribution in [3.8, 4) is 6.07 Å². The summed E-state index contributed by atoms with van der Waals surface area (Å²) in [6.07, 6.45) is 1.76. The van der Waals surface area contributed by atoms with Gasteiger partial charge < -0.3 is 15.3 Å². The molecule has 1 aliphatic rings. The highest BCUT2D eigenvalue weighted by atomic mass is 19.1. The standard InChI is InChI=1S/C22H23FN6O/c1-12-15(8-24)5-16(23)6-17(12)13(2)26-21-18-7-20(29-10-22(4,30)11-29)25-9-19(18)14(3)27-28-21/h5-7,9,13,30H,10-11H2,1-4H3,(H,26,28)/t13-/m1/s1. The number of anilines is 2. The number of aromatic nitrogens is 3. The summed E-state index contributed by atoms with van der Waals surface area (Å²) in [6, 6.07) is 6.36. The molecule has 0 unspecified atom stereocenters. The van der Waals surface area contributed by atoms with Crippen molar-refractivity contribution >= 4 is 22.4 Å². The van der Waals surface area contributed by atoms with Crippen molar-refractivity contribution in [3.05, 3.63) is 52.6 Å². The van der Waals surface area contributed by atoms with Crippen molar-refractivity contribution in [3.63, 3.8) is 0 Å². The highest BCUT2D eigenvalue weighted by Gasteiger charge is 2.37. The molecular weight excluding hydrogens is 383 g/mol. The van der Waals surface area contributed by atoms with Gasteiger partial charge >= 0.3 is 0 Å². The Morgan fingerprint density at radius 1 is 1.23 bits per heavy atom. The zero-order chi connectivity index (χ0) is 21.6. The molecule has 0 spiro atoms. The normalized spacial score (nSPS) is 16.1. The van der Waals surface area contributed by atoms with Gasteiger partial charge in [-0.1, -0.05) is 0 Å². The molecule has 0 aliphatic carbocycles. The first-order chi connectivity index (χ1) is 14.2. The fourth-order valence-electron chi connectivity index (χ4n) is 3.93. The summed E-state index contributed by atoms with van der Waals surface area (Å²) in [5, 5.41) is 32.9. The first-order valence-electron chi connectivity index (χ1n) is 9.75. The average Bonchev–Trinajstić information content (AvgIpc) is 2.69. The van der Waals surface area contributed by atoms with E-state index in [0.717, 1.165) is 27.8 Å². The van der Waals surface area contributed by atoms with E-state index < -0.39 is 11.4 Å². The SMILES string of the molecule is Cc1c(C#N)cc(F)cc1[C@@H](C)Nc1nnc(C)c2cnc(N3CC(C)(O)C3)cc12. The van der Waals surface area contributed by atoms with Crippen LogP contribution in [0.1, 0.15) is 42.3 Å². The van der Waals surface area contributed by atoms with Crippen LogP contribution in [-0.4, -0.2) is 39.0 Å². The fourth-order valence-corrected chi connectivity index (χ4v) is 3.93. The molecule has 0 amide bonds. The first kappa shape index (κ1) is 20.0. The van der Waals surface area contributed by atoms with Crippen LogP contribution in [0.25, 0.3) is 10.8 Å². The van der Waals surface area contributed by atoms with Gasteiger partial charge in [0, 0.05) is 30.1 Å². The predicted octanol–water partition coefficient (Wildman–Crippen LogP) is 3.40. The Bertz CT molecular complexity index is 1180. The maximum absolute atomic E-state index is 14.0. The van der Waals surface area contributed by atoms with Gasteiger partial charge in [0.15, 0.2) is 5.82 Å². The van der Waals surface area contributed by atoms with Crippen LogP contribution in [0.15, 0.2) is 24.4 Å². The van der Waals surface area contributed by atoms with Gasteiger partial charge in [0.05, 0.1) is 29.0 Å². The highest BCUT2D eigenvalue weighted by molar-refractivity contribution is 5.94. The van der Waals surface area contributed by atoms with E-state index in [1.165, 1.54) is 12.1 Å². The molecule has 30 heavy (non-hydrogen) atoms. The monoisotopic (exact) mass is 406 g/mol. The molecule has 2 aromatic heterocycles. The summed E-state index contributed by atoms with van der Waals surface area (Å²) in [6.45, 7) is 8.40. The van der Waals surface area contributed by atoms with Crippen molar-refractivity contribution in [2.24, 2.45) is 0 Å². The van der Waals surface area contributed by atoms with Crippen molar-refractivity contribution in [2.45, 2.75) is 39.3 Å². The van der Waals surface area contributed by atoms with Gasteiger partial charge in [0.25, 0.3) is 0 Å². The molecule has 7 nitrogen and oxygen atoms in total. The van der Waals surface area contributed by atoms with E-state index in [-0.39, 0.29) is 6.04 Å². The Kier molecular flexibility index (Phi) is 4.79. The number of nitrogens with zero attached hydrogens (tertiary/aromatic N) is 5. The minimum Gasteiger partial charge on any atom is -0.386 e. The van der Waals surface area contributed by atoms with Crippen LogP contribution in [0.2, 0.25) is 0 Å². The third-order valence-corrected chi connectivity index (χ3v) is 5.57. The van der Waals surface area contributed by atoms with Crippen molar-refractivity contribution in [2.75, 3.05) is 23.3 Å². The lowest BCUT2D eigenvalue weighted by Gasteiger charge is -2.45. The third kappa shape index (κ3) is 3.53. The first-order valence-corrected chi connectivity index (χ1v) is 9.75. The number of fused-ring (bicyclic) bond motifs is 1. The fraction of sp³-hybridized carbons (Fsp3) is 0.364. The lowest BCUT2D eigenvalue weighted by Crippen LogP contribution is -2.60. The van der Waals surface area contributed by atoms with E-state index >= 15 is 0 Å². The van der Waals surface area contributed by atoms with Crippen molar-refractivity contribution < 1.29 is 9.50 Å². The van der Waals surface area contributed by atoms with Crippen LogP contribution in [0, 0.1) is 31.0 Å². The number of rotatable bonds is 4. The van der Waals surface area contributed by atoms with Crippen molar-refractivity contribution in [1.29, 1.82) is 5.26 Å². The summed E-state index contributed by atoms with van der Waals surface area (Å²) in [5.74, 6) is 0.865. The summed E-state index contributed by atoms with van der Waals surface area (Å²) < 4.78 is 14.0. The predicted molar refractivity (Wildman–Crippen MR) is 113 cm³/mol. The minimum absolute atomic E-state index is 0.297. The molecule has 3 heterocycles. The molecule has 154 valence electrons. The molecule has 0 bridgehead atoms. The lowest BCUT2D eigenvalue weighted by molar-refractivity contribution is 0.0305. The van der Waals surface area contributed by atoms with Gasteiger partial charge in [0.1, 0.15) is 11.6 Å². The number of aryl methyl sites for hydroxylation is 1. The maximum Gasteiger partial charge on any atom is 0.157 e. The van der Waals surface area contributed by atoms with E-state index in [0.29, 0.717) is 30.0 Å². The van der Waals surface area contributed by atoms with Crippen LogP contribution in [0.4, 0.5) is 16.0 Å². The number of hydrogen-bond acceptors (Lipinski definition) is 7. The minimum atomic E-state index is -0.702. The molecule has 0 radical (unpaired) electrons. The number of pyridine rings is 1. The van der Waals surface area contributed by atoms with Gasteiger partial charge in [-0.2, -0.15) is 10.4 Å². The summed E-state index contributed by atoms with van der Waals surface area (Å²) in [7, 11) is 0. The molecule has 3 aromatic rings. The molecule has 1 aliphatic heterocycles. The number of β-amino-alcohol motifs (C(OH)–C–C–N with tert-alkyl or cyclic N) is 1.